The predicted octanol–water partition coefficient (Wildman–Crippen LogP) is 4.85. The zero-order valence-electron chi connectivity index (χ0n) is 15.9. The number of imidazole rings is 1. The summed E-state index contributed by atoms with van der Waals surface area (Å²) in [4.78, 5) is 19.5. The van der Waals surface area contributed by atoms with Crippen molar-refractivity contribution in [3.05, 3.63) is 64.9 Å². The van der Waals surface area contributed by atoms with Gasteiger partial charge in [-0.15, -0.1) is 0 Å². The number of hydrogen-bond donors (Lipinski definition) is 0. The highest BCUT2D eigenvalue weighted by Crippen LogP contribution is 2.34. The largest absolute Gasteiger partial charge is 0.337 e. The molecule has 1 amide bonds. The van der Waals surface area contributed by atoms with Gasteiger partial charge in [-0.3, -0.25) is 4.79 Å². The Morgan fingerprint density at radius 3 is 2.63 bits per heavy atom. The number of para-hydroxylation sites is 2. The highest BCUT2D eigenvalue weighted by molar-refractivity contribution is 6.30. The fourth-order valence-corrected chi connectivity index (χ4v) is 4.13. The van der Waals surface area contributed by atoms with Gasteiger partial charge in [-0.2, -0.15) is 0 Å². The Balaban J connectivity index is 1.76. The monoisotopic (exact) mass is 381 g/mol. The molecule has 0 saturated carbocycles. The van der Waals surface area contributed by atoms with Crippen LogP contribution < -0.4 is 0 Å². The first-order chi connectivity index (χ1) is 12.8. The Hall–Kier alpha value is -2.33. The zero-order valence-corrected chi connectivity index (χ0v) is 16.7. The molecule has 3 aromatic rings. The molecule has 1 aliphatic rings. The molecule has 4 nitrogen and oxygen atoms in total. The maximum Gasteiger partial charge on any atom is 0.223 e. The van der Waals surface area contributed by atoms with Gasteiger partial charge in [-0.1, -0.05) is 35.9 Å². The Labute approximate surface area is 164 Å². The molecule has 140 valence electrons. The summed E-state index contributed by atoms with van der Waals surface area (Å²) in [6.45, 7) is 7.66. The highest BCUT2D eigenvalue weighted by atomic mass is 35.5. The van der Waals surface area contributed by atoms with Gasteiger partial charge in [-0.25, -0.2) is 4.98 Å². The lowest BCUT2D eigenvalue weighted by molar-refractivity contribution is -0.131. The third-order valence-corrected chi connectivity index (χ3v) is 5.45. The highest BCUT2D eigenvalue weighted by Gasteiger charge is 2.38. The van der Waals surface area contributed by atoms with E-state index in [0.29, 0.717) is 19.5 Å². The number of rotatable bonds is 3. The summed E-state index contributed by atoms with van der Waals surface area (Å²) in [5.74, 6) is 1.29. The van der Waals surface area contributed by atoms with Gasteiger partial charge in [-0.05, 0) is 50.6 Å². The Morgan fingerprint density at radius 1 is 1.15 bits per heavy atom. The van der Waals surface area contributed by atoms with Crippen LogP contribution in [0.3, 0.4) is 0 Å². The Morgan fingerprint density at radius 2 is 1.93 bits per heavy atom. The van der Waals surface area contributed by atoms with Crippen LogP contribution in [0, 0.1) is 0 Å². The number of fused-ring (bicyclic) bond motifs is 1. The molecule has 1 atom stereocenters. The maximum atomic E-state index is 12.6. The molecule has 0 spiro atoms. The van der Waals surface area contributed by atoms with E-state index >= 15 is 0 Å². The number of carbonyl (C=O) groups excluding carboxylic acids is 1. The molecule has 0 radical (unpaired) electrons. The average molecular weight is 382 g/mol. The normalized spacial score (nSPS) is 17.9. The van der Waals surface area contributed by atoms with E-state index in [2.05, 4.69) is 37.5 Å². The fourth-order valence-electron chi connectivity index (χ4n) is 3.92. The second-order valence-electron chi connectivity index (χ2n) is 8.25. The zero-order chi connectivity index (χ0) is 19.2. The van der Waals surface area contributed by atoms with Crippen molar-refractivity contribution < 1.29 is 4.79 Å². The van der Waals surface area contributed by atoms with Crippen molar-refractivity contribution in [2.75, 3.05) is 6.54 Å². The van der Waals surface area contributed by atoms with Gasteiger partial charge in [0.15, 0.2) is 0 Å². The molecule has 2 heterocycles. The van der Waals surface area contributed by atoms with E-state index in [1.165, 1.54) is 0 Å². The first-order valence-corrected chi connectivity index (χ1v) is 9.71. The second kappa shape index (κ2) is 6.68. The summed E-state index contributed by atoms with van der Waals surface area (Å²) in [6.07, 6.45) is 0.510. The molecule has 1 saturated heterocycles. The van der Waals surface area contributed by atoms with Crippen LogP contribution in [0.15, 0.2) is 48.5 Å². The molecular formula is C22H24ClN3O. The number of nitrogens with zero attached hydrogens (tertiary/aromatic N) is 3. The van der Waals surface area contributed by atoms with E-state index in [0.717, 1.165) is 27.4 Å². The van der Waals surface area contributed by atoms with Crippen molar-refractivity contribution in [1.82, 2.24) is 14.5 Å². The topological polar surface area (TPSA) is 38.1 Å². The molecule has 1 fully saturated rings. The molecule has 2 aromatic carbocycles. The molecule has 4 rings (SSSR count). The lowest BCUT2D eigenvalue weighted by atomic mass is 10.1. The minimum Gasteiger partial charge on any atom is -0.337 e. The second-order valence-corrected chi connectivity index (χ2v) is 8.69. The van der Waals surface area contributed by atoms with Crippen molar-refractivity contribution in [3.8, 4) is 0 Å². The minimum absolute atomic E-state index is 0.100. The summed E-state index contributed by atoms with van der Waals surface area (Å²) >= 11 is 6.18. The third-order valence-electron chi connectivity index (χ3n) is 5.21. The number of benzene rings is 2. The lowest BCUT2D eigenvalue weighted by Gasteiger charge is -2.32. The first kappa shape index (κ1) is 18.1. The third kappa shape index (κ3) is 3.46. The van der Waals surface area contributed by atoms with Gasteiger partial charge >= 0.3 is 0 Å². The van der Waals surface area contributed by atoms with Crippen molar-refractivity contribution >= 4 is 28.5 Å². The van der Waals surface area contributed by atoms with Crippen LogP contribution in [0.2, 0.25) is 5.02 Å². The van der Waals surface area contributed by atoms with Gasteiger partial charge < -0.3 is 9.47 Å². The quantitative estimate of drug-likeness (QED) is 0.650. The van der Waals surface area contributed by atoms with Crippen molar-refractivity contribution in [2.45, 2.75) is 45.2 Å². The SMILES string of the molecule is CC(C)(C)N1CC(c2nc3ccccc3n2Cc2cccc(Cl)c2)CC1=O. The molecule has 1 aliphatic heterocycles. The number of likely N-dealkylation sites (tertiary alicyclic amines) is 1. The van der Waals surface area contributed by atoms with E-state index in [9.17, 15) is 4.79 Å². The number of carbonyl (C=O) groups is 1. The average Bonchev–Trinajstić information content (AvgIpc) is 3.16. The van der Waals surface area contributed by atoms with E-state index in [1.54, 1.807) is 0 Å². The van der Waals surface area contributed by atoms with Gasteiger partial charge in [0.1, 0.15) is 5.82 Å². The van der Waals surface area contributed by atoms with Crippen LogP contribution in [-0.2, 0) is 11.3 Å². The van der Waals surface area contributed by atoms with Gasteiger partial charge in [0, 0.05) is 36.0 Å². The molecule has 1 unspecified atom stereocenters. The van der Waals surface area contributed by atoms with Gasteiger partial charge in [0.2, 0.25) is 5.91 Å². The summed E-state index contributed by atoms with van der Waals surface area (Å²) in [7, 11) is 0. The number of amides is 1. The summed E-state index contributed by atoms with van der Waals surface area (Å²) in [6, 6.07) is 16.1. The van der Waals surface area contributed by atoms with E-state index < -0.39 is 0 Å². The molecule has 27 heavy (non-hydrogen) atoms. The minimum atomic E-state index is -0.171. The molecule has 0 aliphatic carbocycles. The number of hydrogen-bond acceptors (Lipinski definition) is 2. The maximum absolute atomic E-state index is 12.6. The molecule has 1 aromatic heterocycles. The van der Waals surface area contributed by atoms with Crippen LogP contribution >= 0.6 is 11.6 Å². The summed E-state index contributed by atoms with van der Waals surface area (Å²) < 4.78 is 2.24. The predicted molar refractivity (Wildman–Crippen MR) is 109 cm³/mol. The smallest absolute Gasteiger partial charge is 0.223 e. The molecular weight excluding hydrogens is 358 g/mol. The summed E-state index contributed by atoms with van der Waals surface area (Å²) in [5.41, 5.74) is 3.02. The van der Waals surface area contributed by atoms with Gasteiger partial charge in [0.25, 0.3) is 0 Å². The van der Waals surface area contributed by atoms with Crippen molar-refractivity contribution in [3.63, 3.8) is 0 Å². The van der Waals surface area contributed by atoms with E-state index in [4.69, 9.17) is 16.6 Å². The first-order valence-electron chi connectivity index (χ1n) is 9.33. The summed E-state index contributed by atoms with van der Waals surface area (Å²) in [5, 5.41) is 0.730. The standard InChI is InChI=1S/C22H24ClN3O/c1-22(2,3)26-14-16(12-20(26)27)21-24-18-9-4-5-10-19(18)25(21)13-15-7-6-8-17(23)11-15/h4-11,16H,12-14H2,1-3H3. The number of aromatic nitrogens is 2. The van der Waals surface area contributed by atoms with Crippen LogP contribution in [0.1, 0.15) is 44.5 Å². The Kier molecular flexibility index (Phi) is 4.47. The van der Waals surface area contributed by atoms with Gasteiger partial charge in [0.05, 0.1) is 11.0 Å². The number of halogens is 1. The fraction of sp³-hybridized carbons (Fsp3) is 0.364. The molecule has 0 N–H and O–H groups in total. The van der Waals surface area contributed by atoms with Crippen molar-refractivity contribution in [2.24, 2.45) is 0 Å². The Bertz CT molecular complexity index is 1000. The van der Waals surface area contributed by atoms with Crippen molar-refractivity contribution in [1.29, 1.82) is 0 Å². The van der Waals surface area contributed by atoms with E-state index in [1.807, 2.05) is 41.3 Å². The van der Waals surface area contributed by atoms with Crippen LogP contribution in [0.4, 0.5) is 0 Å². The molecule has 0 bridgehead atoms. The molecule has 5 heteroatoms. The van der Waals surface area contributed by atoms with Crippen LogP contribution in [0.25, 0.3) is 11.0 Å². The van der Waals surface area contributed by atoms with E-state index in [-0.39, 0.29) is 17.4 Å². The van der Waals surface area contributed by atoms with Crippen LogP contribution in [-0.4, -0.2) is 32.4 Å². The lowest BCUT2D eigenvalue weighted by Crippen LogP contribution is -2.42. The van der Waals surface area contributed by atoms with Crippen LogP contribution in [0.5, 0.6) is 0 Å².